The van der Waals surface area contributed by atoms with Crippen molar-refractivity contribution in [2.45, 2.75) is 19.8 Å². The normalized spacial score (nSPS) is 14.5. The van der Waals surface area contributed by atoms with Gasteiger partial charge in [0.1, 0.15) is 23.9 Å². The zero-order chi connectivity index (χ0) is 21.1. The molecule has 1 aromatic carbocycles. The van der Waals surface area contributed by atoms with E-state index in [9.17, 15) is 0 Å². The number of aliphatic hydroxyl groups excluding tert-OH is 1. The largest absolute Gasteiger partial charge is 0.497 e. The SMILES string of the molecule is COc1cc(OCCO)cc(-c2cc(N3CCOCC3)n3ncc(C(C)C)c3n2)c1. The molecule has 3 aromatic rings. The third kappa shape index (κ3) is 4.06. The molecule has 0 saturated carbocycles. The molecule has 160 valence electrons. The fourth-order valence-corrected chi connectivity index (χ4v) is 3.62. The second-order valence-electron chi connectivity index (χ2n) is 7.56. The lowest BCUT2D eigenvalue weighted by molar-refractivity contribution is 0.122. The van der Waals surface area contributed by atoms with Crippen molar-refractivity contribution in [3.05, 3.63) is 36.0 Å². The Morgan fingerprint density at radius 3 is 2.60 bits per heavy atom. The van der Waals surface area contributed by atoms with Gasteiger partial charge < -0.3 is 24.2 Å². The van der Waals surface area contributed by atoms with E-state index in [1.54, 1.807) is 13.2 Å². The smallest absolute Gasteiger partial charge is 0.161 e. The molecule has 1 saturated heterocycles. The summed E-state index contributed by atoms with van der Waals surface area (Å²) in [5.74, 6) is 2.60. The van der Waals surface area contributed by atoms with Gasteiger partial charge in [0.15, 0.2) is 5.65 Å². The Kier molecular flexibility index (Phi) is 6.06. The van der Waals surface area contributed by atoms with Crippen LogP contribution in [-0.4, -0.2) is 66.3 Å². The minimum Gasteiger partial charge on any atom is -0.497 e. The molecule has 1 aliphatic rings. The highest BCUT2D eigenvalue weighted by molar-refractivity contribution is 5.71. The first-order valence-electron chi connectivity index (χ1n) is 10.2. The first kappa shape index (κ1) is 20.4. The predicted molar refractivity (Wildman–Crippen MR) is 115 cm³/mol. The number of anilines is 1. The molecule has 4 rings (SSSR count). The van der Waals surface area contributed by atoms with Crippen molar-refractivity contribution in [3.8, 4) is 22.8 Å². The van der Waals surface area contributed by atoms with Gasteiger partial charge in [-0.25, -0.2) is 4.98 Å². The molecule has 0 atom stereocenters. The van der Waals surface area contributed by atoms with E-state index in [0.717, 1.165) is 41.4 Å². The van der Waals surface area contributed by atoms with Crippen molar-refractivity contribution < 1.29 is 19.3 Å². The van der Waals surface area contributed by atoms with Crippen molar-refractivity contribution in [1.82, 2.24) is 14.6 Å². The van der Waals surface area contributed by atoms with Crippen LogP contribution in [-0.2, 0) is 4.74 Å². The Bertz CT molecular complexity index is 1010. The van der Waals surface area contributed by atoms with Gasteiger partial charge in [-0.15, -0.1) is 0 Å². The van der Waals surface area contributed by atoms with Crippen LogP contribution in [0.2, 0.25) is 0 Å². The van der Waals surface area contributed by atoms with Crippen LogP contribution in [0.3, 0.4) is 0 Å². The maximum atomic E-state index is 9.10. The summed E-state index contributed by atoms with van der Waals surface area (Å²) in [5.41, 5.74) is 3.66. The number of morpholine rings is 1. The molecule has 0 unspecified atom stereocenters. The number of ether oxygens (including phenoxy) is 3. The first-order valence-corrected chi connectivity index (χ1v) is 10.2. The third-order valence-electron chi connectivity index (χ3n) is 5.21. The van der Waals surface area contributed by atoms with Crippen LogP contribution in [0, 0.1) is 0 Å². The fraction of sp³-hybridized carbons (Fsp3) is 0.455. The Morgan fingerprint density at radius 2 is 1.90 bits per heavy atom. The Hall–Kier alpha value is -2.84. The molecule has 1 fully saturated rings. The van der Waals surface area contributed by atoms with Gasteiger partial charge in [-0.3, -0.25) is 0 Å². The number of aliphatic hydroxyl groups is 1. The average Bonchev–Trinajstić information content (AvgIpc) is 3.21. The Labute approximate surface area is 176 Å². The van der Waals surface area contributed by atoms with E-state index < -0.39 is 0 Å². The standard InChI is InChI=1S/C22H28N4O4/c1-15(2)19-14-23-26-21(25-4-7-29-8-5-25)13-20(24-22(19)26)16-10-17(28-3)12-18(11-16)30-9-6-27/h10-15,27H,4-9H2,1-3H3. The van der Waals surface area contributed by atoms with Crippen molar-refractivity contribution in [2.75, 3.05) is 51.5 Å². The predicted octanol–water partition coefficient (Wildman–Crippen LogP) is 2.74. The molecule has 3 heterocycles. The molecular formula is C22H28N4O4. The van der Waals surface area contributed by atoms with Crippen LogP contribution in [0.1, 0.15) is 25.3 Å². The summed E-state index contributed by atoms with van der Waals surface area (Å²) in [6, 6.07) is 7.73. The monoisotopic (exact) mass is 412 g/mol. The highest BCUT2D eigenvalue weighted by Crippen LogP contribution is 2.33. The number of rotatable bonds is 7. The maximum absolute atomic E-state index is 9.10. The molecule has 1 aliphatic heterocycles. The van der Waals surface area contributed by atoms with E-state index in [1.807, 2.05) is 22.8 Å². The molecule has 8 heteroatoms. The summed E-state index contributed by atoms with van der Waals surface area (Å²) in [4.78, 5) is 7.24. The molecule has 0 amide bonds. The number of nitrogens with zero attached hydrogens (tertiary/aromatic N) is 4. The molecule has 8 nitrogen and oxygen atoms in total. The van der Waals surface area contributed by atoms with Crippen molar-refractivity contribution >= 4 is 11.5 Å². The van der Waals surface area contributed by atoms with Crippen LogP contribution >= 0.6 is 0 Å². The molecule has 30 heavy (non-hydrogen) atoms. The highest BCUT2D eigenvalue weighted by atomic mass is 16.5. The van der Waals surface area contributed by atoms with Gasteiger partial charge in [0.25, 0.3) is 0 Å². The van der Waals surface area contributed by atoms with Gasteiger partial charge in [0.2, 0.25) is 0 Å². The van der Waals surface area contributed by atoms with Crippen LogP contribution in [0.25, 0.3) is 16.9 Å². The molecular weight excluding hydrogens is 384 g/mol. The zero-order valence-electron chi connectivity index (χ0n) is 17.7. The van der Waals surface area contributed by atoms with E-state index >= 15 is 0 Å². The number of fused-ring (bicyclic) bond motifs is 1. The number of aromatic nitrogens is 3. The lowest BCUT2D eigenvalue weighted by atomic mass is 10.1. The lowest BCUT2D eigenvalue weighted by Crippen LogP contribution is -2.37. The molecule has 0 spiro atoms. The summed E-state index contributed by atoms with van der Waals surface area (Å²) >= 11 is 0. The van der Waals surface area contributed by atoms with Gasteiger partial charge in [0, 0.05) is 36.3 Å². The quantitative estimate of drug-likeness (QED) is 0.639. The maximum Gasteiger partial charge on any atom is 0.161 e. The molecule has 0 aliphatic carbocycles. The minimum atomic E-state index is -0.0501. The van der Waals surface area contributed by atoms with Gasteiger partial charge in [-0.05, 0) is 18.1 Å². The minimum absolute atomic E-state index is 0.0501. The van der Waals surface area contributed by atoms with E-state index in [-0.39, 0.29) is 13.2 Å². The third-order valence-corrected chi connectivity index (χ3v) is 5.21. The second kappa shape index (κ2) is 8.89. The number of hydrogen-bond acceptors (Lipinski definition) is 7. The van der Waals surface area contributed by atoms with Crippen molar-refractivity contribution in [3.63, 3.8) is 0 Å². The Balaban J connectivity index is 1.87. The first-order chi connectivity index (χ1) is 14.6. The molecule has 2 aromatic heterocycles. The topological polar surface area (TPSA) is 81.3 Å². The number of methoxy groups -OCH3 is 1. The van der Waals surface area contributed by atoms with Crippen LogP contribution in [0.4, 0.5) is 5.82 Å². The van der Waals surface area contributed by atoms with Crippen molar-refractivity contribution in [2.24, 2.45) is 0 Å². The van der Waals surface area contributed by atoms with E-state index in [0.29, 0.717) is 30.6 Å². The van der Waals surface area contributed by atoms with Crippen molar-refractivity contribution in [1.29, 1.82) is 0 Å². The van der Waals surface area contributed by atoms with E-state index in [4.69, 9.17) is 24.3 Å². The van der Waals surface area contributed by atoms with Gasteiger partial charge in [0.05, 0.1) is 38.8 Å². The summed E-state index contributed by atoms with van der Waals surface area (Å²) in [6.45, 7) is 7.45. The average molecular weight is 412 g/mol. The molecule has 0 bridgehead atoms. The summed E-state index contributed by atoms with van der Waals surface area (Å²) in [6.07, 6.45) is 1.90. The van der Waals surface area contributed by atoms with E-state index in [2.05, 4.69) is 29.9 Å². The summed E-state index contributed by atoms with van der Waals surface area (Å²) in [7, 11) is 1.62. The van der Waals surface area contributed by atoms with E-state index in [1.165, 1.54) is 0 Å². The zero-order valence-corrected chi connectivity index (χ0v) is 17.7. The summed E-state index contributed by atoms with van der Waals surface area (Å²) in [5, 5.41) is 13.7. The Morgan fingerprint density at radius 1 is 1.13 bits per heavy atom. The fourth-order valence-electron chi connectivity index (χ4n) is 3.62. The van der Waals surface area contributed by atoms with Crippen LogP contribution in [0.15, 0.2) is 30.5 Å². The highest BCUT2D eigenvalue weighted by Gasteiger charge is 2.20. The number of hydrogen-bond donors (Lipinski definition) is 1. The molecule has 1 N–H and O–H groups in total. The van der Waals surface area contributed by atoms with Crippen LogP contribution < -0.4 is 14.4 Å². The van der Waals surface area contributed by atoms with Gasteiger partial charge in [-0.2, -0.15) is 9.61 Å². The van der Waals surface area contributed by atoms with Crippen LogP contribution in [0.5, 0.6) is 11.5 Å². The second-order valence-corrected chi connectivity index (χ2v) is 7.56. The molecule has 0 radical (unpaired) electrons. The lowest BCUT2D eigenvalue weighted by Gasteiger charge is -2.29. The number of benzene rings is 1. The summed E-state index contributed by atoms with van der Waals surface area (Å²) < 4.78 is 18.6. The van der Waals surface area contributed by atoms with Gasteiger partial charge in [-0.1, -0.05) is 13.8 Å². The van der Waals surface area contributed by atoms with Gasteiger partial charge >= 0.3 is 0 Å².